The lowest BCUT2D eigenvalue weighted by Gasteiger charge is -2.23. The molecule has 12 rings (SSSR count). The number of nitrogens with zero attached hydrogens (tertiary/aromatic N) is 5. The SMILES string of the molecule is N#Cc1cccc(-c2c(-n3c4ccccc4c4ccc(-c5cccnc5-c5ccccc5)cc43)cc(C(F)(F)F)cc2-n2c3ccccc3c3ccc(-c4cccnc4-c4ccccc4)cc32)c1. The quantitative estimate of drug-likeness (QED) is 0.160. The number of hydrogen-bond donors (Lipinski definition) is 0. The first-order valence-corrected chi connectivity index (χ1v) is 22.2. The molecule has 4 aromatic heterocycles. The summed E-state index contributed by atoms with van der Waals surface area (Å²) >= 11 is 0. The van der Waals surface area contributed by atoms with Gasteiger partial charge in [0, 0.05) is 61.8 Å². The molecule has 0 aliphatic heterocycles. The second-order valence-electron chi connectivity index (χ2n) is 16.8. The highest BCUT2D eigenvalue weighted by Gasteiger charge is 2.34. The molecule has 0 unspecified atom stereocenters. The third kappa shape index (κ3) is 6.71. The van der Waals surface area contributed by atoms with Crippen LogP contribution in [0.4, 0.5) is 13.2 Å². The van der Waals surface area contributed by atoms with Crippen LogP contribution >= 0.6 is 0 Å². The number of nitriles is 1. The minimum absolute atomic E-state index is 0.309. The molecule has 0 spiro atoms. The average Bonchev–Trinajstić information content (AvgIpc) is 3.90. The third-order valence-corrected chi connectivity index (χ3v) is 12.9. The monoisotopic (exact) mass is 883 g/mol. The molecule has 4 heterocycles. The van der Waals surface area contributed by atoms with Crippen LogP contribution in [-0.2, 0) is 6.18 Å². The van der Waals surface area contributed by atoms with E-state index in [4.69, 9.17) is 9.97 Å². The highest BCUT2D eigenvalue weighted by Crippen LogP contribution is 2.47. The minimum Gasteiger partial charge on any atom is -0.309 e. The first-order valence-electron chi connectivity index (χ1n) is 22.2. The van der Waals surface area contributed by atoms with Crippen molar-refractivity contribution in [2.24, 2.45) is 0 Å². The van der Waals surface area contributed by atoms with E-state index in [1.54, 1.807) is 30.6 Å². The maximum atomic E-state index is 15.8. The van der Waals surface area contributed by atoms with Crippen molar-refractivity contribution >= 4 is 43.6 Å². The first kappa shape index (κ1) is 40.4. The number of halogens is 3. The van der Waals surface area contributed by atoms with Crippen LogP contribution in [-0.4, -0.2) is 19.1 Å². The first-order chi connectivity index (χ1) is 33.3. The topological polar surface area (TPSA) is 59.4 Å². The Balaban J connectivity index is 1.21. The van der Waals surface area contributed by atoms with Crippen molar-refractivity contribution < 1.29 is 13.2 Å². The molecule has 0 saturated carbocycles. The van der Waals surface area contributed by atoms with Gasteiger partial charge in [0.25, 0.3) is 0 Å². The van der Waals surface area contributed by atoms with Gasteiger partial charge in [0.1, 0.15) is 0 Å². The number of alkyl halides is 3. The van der Waals surface area contributed by atoms with Crippen molar-refractivity contribution in [1.29, 1.82) is 5.26 Å². The van der Waals surface area contributed by atoms with Crippen molar-refractivity contribution in [1.82, 2.24) is 19.1 Å². The van der Waals surface area contributed by atoms with Gasteiger partial charge < -0.3 is 9.13 Å². The van der Waals surface area contributed by atoms with Crippen LogP contribution in [0, 0.1) is 11.3 Å². The van der Waals surface area contributed by atoms with Crippen molar-refractivity contribution in [3.63, 3.8) is 0 Å². The fourth-order valence-corrected chi connectivity index (χ4v) is 9.89. The summed E-state index contributed by atoms with van der Waals surface area (Å²) in [5, 5.41) is 13.8. The van der Waals surface area contributed by atoms with Crippen LogP contribution in [0.3, 0.4) is 0 Å². The summed E-state index contributed by atoms with van der Waals surface area (Å²) in [4.78, 5) is 9.62. The lowest BCUT2D eigenvalue weighted by atomic mass is 9.96. The molecule has 0 atom stereocenters. The molecule has 68 heavy (non-hydrogen) atoms. The van der Waals surface area contributed by atoms with E-state index in [-0.39, 0.29) is 0 Å². The van der Waals surface area contributed by atoms with Gasteiger partial charge in [-0.05, 0) is 77.4 Å². The van der Waals surface area contributed by atoms with Crippen molar-refractivity contribution in [3.8, 4) is 73.3 Å². The van der Waals surface area contributed by atoms with E-state index in [9.17, 15) is 5.26 Å². The molecule has 322 valence electrons. The van der Waals surface area contributed by atoms with Crippen LogP contribution in [0.2, 0.25) is 0 Å². The number of aromatic nitrogens is 4. The number of hydrogen-bond acceptors (Lipinski definition) is 3. The molecule has 12 aromatic rings. The maximum Gasteiger partial charge on any atom is 0.416 e. The number of pyridine rings is 2. The van der Waals surface area contributed by atoms with Gasteiger partial charge in [-0.2, -0.15) is 18.4 Å². The molecule has 0 radical (unpaired) electrons. The minimum atomic E-state index is -4.75. The smallest absolute Gasteiger partial charge is 0.309 e. The lowest BCUT2D eigenvalue weighted by molar-refractivity contribution is -0.137. The Hall–Kier alpha value is -9.06. The van der Waals surface area contributed by atoms with Crippen LogP contribution in [0.5, 0.6) is 0 Å². The molecule has 0 amide bonds. The number of rotatable bonds is 7. The normalized spacial score (nSPS) is 11.7. The molecule has 0 fully saturated rings. The molecule has 0 saturated heterocycles. The van der Waals surface area contributed by atoms with Gasteiger partial charge in [-0.15, -0.1) is 0 Å². The van der Waals surface area contributed by atoms with Gasteiger partial charge in [0.15, 0.2) is 0 Å². The van der Waals surface area contributed by atoms with E-state index in [0.717, 1.165) is 77.3 Å². The van der Waals surface area contributed by atoms with Gasteiger partial charge in [0.2, 0.25) is 0 Å². The van der Waals surface area contributed by atoms with Gasteiger partial charge in [-0.25, -0.2) is 0 Å². The van der Waals surface area contributed by atoms with E-state index in [2.05, 4.69) is 30.3 Å². The summed E-state index contributed by atoms with van der Waals surface area (Å²) < 4.78 is 51.5. The fraction of sp³-hybridized carbons (Fsp3) is 0.0167. The molecule has 0 aliphatic carbocycles. The van der Waals surface area contributed by atoms with Crippen LogP contribution in [0.1, 0.15) is 11.1 Å². The van der Waals surface area contributed by atoms with E-state index in [0.29, 0.717) is 39.1 Å². The van der Waals surface area contributed by atoms with Gasteiger partial charge in [0.05, 0.1) is 62.0 Å². The van der Waals surface area contributed by atoms with Gasteiger partial charge in [-0.1, -0.05) is 146 Å². The molecule has 0 aliphatic rings. The summed E-state index contributed by atoms with van der Waals surface area (Å²) in [5.74, 6) is 0. The summed E-state index contributed by atoms with van der Waals surface area (Å²) in [6.45, 7) is 0. The van der Waals surface area contributed by atoms with Gasteiger partial charge >= 0.3 is 6.18 Å². The second kappa shape index (κ2) is 16.1. The molecule has 0 N–H and O–H groups in total. The lowest BCUT2D eigenvalue weighted by Crippen LogP contribution is -2.11. The highest BCUT2D eigenvalue weighted by molar-refractivity contribution is 6.13. The molecule has 8 aromatic carbocycles. The molecular weight excluding hydrogens is 848 g/mol. The number of benzene rings is 8. The Morgan fingerprint density at radius 1 is 0.397 bits per heavy atom. The standard InChI is InChI=1S/C60H36F3N5/c61-60(62,63)44-35-55(67-51-24-9-7-20-47(51)49-28-26-41(33-53(49)67)45-22-12-30-65-58(45)39-15-3-1-4-16-39)57(43-19-11-14-38(32-43)37-64)56(36-44)68-52-25-10-8-21-48(52)50-29-27-42(34-54(50)68)46-23-13-31-66-59(46)40-17-5-2-6-18-40/h1-36H. The van der Waals surface area contributed by atoms with Crippen LogP contribution in [0.15, 0.2) is 219 Å². The summed E-state index contributed by atoms with van der Waals surface area (Å²) in [6.07, 6.45) is -1.21. The number of para-hydroxylation sites is 2. The van der Waals surface area contributed by atoms with Crippen molar-refractivity contribution in [2.75, 3.05) is 0 Å². The summed E-state index contributed by atoms with van der Waals surface area (Å²) in [6, 6.07) is 67.6. The van der Waals surface area contributed by atoms with E-state index >= 15 is 13.2 Å². The van der Waals surface area contributed by atoms with E-state index in [1.807, 2.05) is 161 Å². The van der Waals surface area contributed by atoms with Crippen LogP contribution in [0.25, 0.3) is 111 Å². The predicted molar refractivity (Wildman–Crippen MR) is 268 cm³/mol. The van der Waals surface area contributed by atoms with Gasteiger partial charge in [-0.3, -0.25) is 9.97 Å². The zero-order valence-corrected chi connectivity index (χ0v) is 36.2. The summed E-state index contributed by atoms with van der Waals surface area (Å²) in [7, 11) is 0. The highest BCUT2D eigenvalue weighted by atomic mass is 19.4. The van der Waals surface area contributed by atoms with E-state index < -0.39 is 11.7 Å². The second-order valence-corrected chi connectivity index (χ2v) is 16.8. The zero-order chi connectivity index (χ0) is 45.9. The largest absolute Gasteiger partial charge is 0.416 e. The Kier molecular flexibility index (Phi) is 9.59. The Labute approximate surface area is 388 Å². The zero-order valence-electron chi connectivity index (χ0n) is 36.2. The predicted octanol–water partition coefficient (Wildman–Crippen LogP) is 15.9. The van der Waals surface area contributed by atoms with Crippen molar-refractivity contribution in [2.45, 2.75) is 6.18 Å². The van der Waals surface area contributed by atoms with Crippen LogP contribution < -0.4 is 0 Å². The number of fused-ring (bicyclic) bond motifs is 6. The third-order valence-electron chi connectivity index (χ3n) is 12.9. The Morgan fingerprint density at radius 2 is 0.853 bits per heavy atom. The average molecular weight is 884 g/mol. The molecule has 8 heteroatoms. The van der Waals surface area contributed by atoms with Crippen molar-refractivity contribution in [3.05, 3.63) is 230 Å². The summed E-state index contributed by atoms with van der Waals surface area (Å²) in [5.41, 5.74) is 11.1. The molecular formula is C60H36F3N5. The van der Waals surface area contributed by atoms with E-state index in [1.165, 1.54) is 12.1 Å². The molecule has 5 nitrogen and oxygen atoms in total. The molecule has 0 bridgehead atoms. The Morgan fingerprint density at radius 3 is 1.34 bits per heavy atom. The fourth-order valence-electron chi connectivity index (χ4n) is 9.89. The Bertz CT molecular complexity index is 3750. The maximum absolute atomic E-state index is 15.8.